The van der Waals surface area contributed by atoms with E-state index in [-0.39, 0.29) is 18.1 Å². The van der Waals surface area contributed by atoms with Gasteiger partial charge in [-0.2, -0.15) is 0 Å². The highest BCUT2D eigenvalue weighted by Gasteiger charge is 2.46. The molecule has 1 aliphatic heterocycles. The second-order valence-corrected chi connectivity index (χ2v) is 7.67. The van der Waals surface area contributed by atoms with E-state index in [0.29, 0.717) is 12.8 Å². The molecule has 2 rings (SSSR count). The predicted molar refractivity (Wildman–Crippen MR) is 82.1 cm³/mol. The van der Waals surface area contributed by atoms with Crippen molar-refractivity contribution in [2.75, 3.05) is 23.4 Å². The van der Waals surface area contributed by atoms with Crippen LogP contribution < -0.4 is 5.32 Å². The number of nitrogens with one attached hydrogen (secondary N) is 1. The van der Waals surface area contributed by atoms with Gasteiger partial charge < -0.3 is 10.1 Å². The number of ether oxygens (including phenoxy) is 1. The number of anilines is 1. The monoisotopic (exact) mass is 311 g/mol. The third-order valence-electron chi connectivity index (χ3n) is 3.63. The van der Waals surface area contributed by atoms with Gasteiger partial charge in [0.1, 0.15) is 5.54 Å². The molecule has 1 unspecified atom stereocenters. The van der Waals surface area contributed by atoms with Crippen LogP contribution in [0.2, 0.25) is 0 Å². The zero-order valence-electron chi connectivity index (χ0n) is 12.4. The molecule has 1 fully saturated rings. The zero-order valence-corrected chi connectivity index (χ0v) is 13.2. The lowest BCUT2D eigenvalue weighted by molar-refractivity contribution is -0.148. The van der Waals surface area contributed by atoms with Crippen LogP contribution in [0.1, 0.15) is 25.3 Å². The topological polar surface area (TPSA) is 72.5 Å². The summed E-state index contributed by atoms with van der Waals surface area (Å²) in [7, 11) is -3.25. The highest BCUT2D eigenvalue weighted by atomic mass is 32.2. The molecule has 5 nitrogen and oxygen atoms in total. The molecule has 0 saturated carbocycles. The molecule has 1 saturated heterocycles. The molecule has 1 N–H and O–H groups in total. The van der Waals surface area contributed by atoms with E-state index in [2.05, 4.69) is 5.32 Å². The molecular weight excluding hydrogens is 290 g/mol. The van der Waals surface area contributed by atoms with Crippen molar-refractivity contribution >= 4 is 21.5 Å². The third-order valence-corrected chi connectivity index (χ3v) is 5.47. The van der Waals surface area contributed by atoms with Crippen LogP contribution >= 0.6 is 0 Å². The fourth-order valence-corrected chi connectivity index (χ4v) is 4.42. The van der Waals surface area contributed by atoms with E-state index >= 15 is 0 Å². The van der Waals surface area contributed by atoms with Crippen LogP contribution in [0, 0.1) is 6.92 Å². The first-order valence-corrected chi connectivity index (χ1v) is 8.91. The summed E-state index contributed by atoms with van der Waals surface area (Å²) in [6.07, 6.45) is 0.916. The number of rotatable bonds is 4. The van der Waals surface area contributed by atoms with Crippen LogP contribution in [0.4, 0.5) is 5.69 Å². The SMILES string of the molecule is CCOC(=O)C1(Nc2ccc(C)cc2)CCCS(=O)(=O)C1. The number of esters is 1. The number of hydrogen-bond acceptors (Lipinski definition) is 5. The fraction of sp³-hybridized carbons (Fsp3) is 0.533. The van der Waals surface area contributed by atoms with Gasteiger partial charge in [0.05, 0.1) is 18.1 Å². The van der Waals surface area contributed by atoms with Gasteiger partial charge >= 0.3 is 5.97 Å². The van der Waals surface area contributed by atoms with Gasteiger partial charge in [-0.3, -0.25) is 0 Å². The van der Waals surface area contributed by atoms with E-state index in [1.807, 2.05) is 31.2 Å². The smallest absolute Gasteiger partial charge is 0.332 e. The zero-order chi connectivity index (χ0) is 15.5. The molecule has 1 aliphatic rings. The minimum absolute atomic E-state index is 0.129. The Morgan fingerprint density at radius 2 is 2.00 bits per heavy atom. The van der Waals surface area contributed by atoms with Gasteiger partial charge in [0, 0.05) is 5.69 Å². The lowest BCUT2D eigenvalue weighted by Gasteiger charge is -2.36. The molecule has 1 atom stereocenters. The highest BCUT2D eigenvalue weighted by molar-refractivity contribution is 7.91. The Morgan fingerprint density at radius 3 is 2.57 bits per heavy atom. The summed E-state index contributed by atoms with van der Waals surface area (Å²) >= 11 is 0. The van der Waals surface area contributed by atoms with Crippen molar-refractivity contribution in [2.24, 2.45) is 0 Å². The van der Waals surface area contributed by atoms with E-state index in [4.69, 9.17) is 4.74 Å². The summed E-state index contributed by atoms with van der Waals surface area (Å²) in [5.74, 6) is -0.579. The second-order valence-electron chi connectivity index (χ2n) is 5.49. The van der Waals surface area contributed by atoms with Crippen LogP contribution in [0.15, 0.2) is 24.3 Å². The van der Waals surface area contributed by atoms with E-state index in [0.717, 1.165) is 11.3 Å². The molecule has 0 bridgehead atoms. The van der Waals surface area contributed by atoms with E-state index in [1.54, 1.807) is 6.92 Å². The highest BCUT2D eigenvalue weighted by Crippen LogP contribution is 2.29. The Balaban J connectivity index is 2.31. The molecule has 0 aromatic heterocycles. The first kappa shape index (κ1) is 15.8. The number of carbonyl (C=O) groups excluding carboxylic acids is 1. The lowest BCUT2D eigenvalue weighted by atomic mass is 9.94. The Labute approximate surface area is 125 Å². The van der Waals surface area contributed by atoms with Gasteiger partial charge in [-0.05, 0) is 38.8 Å². The molecule has 1 heterocycles. The molecule has 0 amide bonds. The lowest BCUT2D eigenvalue weighted by Crippen LogP contribution is -2.55. The summed E-state index contributed by atoms with van der Waals surface area (Å²) in [4.78, 5) is 12.3. The Kier molecular flexibility index (Phi) is 4.56. The summed E-state index contributed by atoms with van der Waals surface area (Å²) in [6, 6.07) is 7.52. The molecule has 0 aliphatic carbocycles. The third kappa shape index (κ3) is 3.75. The molecule has 1 aromatic carbocycles. The molecule has 6 heteroatoms. The van der Waals surface area contributed by atoms with Gasteiger partial charge in [-0.1, -0.05) is 17.7 Å². The normalized spacial score (nSPS) is 24.3. The van der Waals surface area contributed by atoms with Crippen LogP contribution in [0.5, 0.6) is 0 Å². The van der Waals surface area contributed by atoms with Gasteiger partial charge in [-0.15, -0.1) is 0 Å². The standard InChI is InChI=1S/C15H21NO4S/c1-3-20-14(17)15(9-4-10-21(18,19)11-15)16-13-7-5-12(2)6-8-13/h5-8,16H,3-4,9-11H2,1-2H3. The van der Waals surface area contributed by atoms with Crippen molar-refractivity contribution in [1.82, 2.24) is 0 Å². The minimum Gasteiger partial charge on any atom is -0.464 e. The Bertz CT molecular complexity index is 609. The summed E-state index contributed by atoms with van der Waals surface area (Å²) < 4.78 is 29.1. The number of sulfone groups is 1. The number of hydrogen-bond donors (Lipinski definition) is 1. The fourth-order valence-electron chi connectivity index (χ4n) is 2.61. The largest absolute Gasteiger partial charge is 0.464 e. The Hall–Kier alpha value is -1.56. The first-order chi connectivity index (χ1) is 9.87. The van der Waals surface area contributed by atoms with Gasteiger partial charge in [0.2, 0.25) is 0 Å². The van der Waals surface area contributed by atoms with E-state index < -0.39 is 21.3 Å². The maximum absolute atomic E-state index is 12.3. The number of aryl methyl sites for hydroxylation is 1. The quantitative estimate of drug-likeness (QED) is 0.860. The van der Waals surface area contributed by atoms with Crippen molar-refractivity contribution in [1.29, 1.82) is 0 Å². The maximum atomic E-state index is 12.3. The average molecular weight is 311 g/mol. The molecule has 116 valence electrons. The van der Waals surface area contributed by atoms with Gasteiger partial charge in [0.25, 0.3) is 0 Å². The van der Waals surface area contributed by atoms with Crippen molar-refractivity contribution in [3.8, 4) is 0 Å². The van der Waals surface area contributed by atoms with Gasteiger partial charge in [-0.25, -0.2) is 13.2 Å². The van der Waals surface area contributed by atoms with Crippen molar-refractivity contribution in [3.63, 3.8) is 0 Å². The van der Waals surface area contributed by atoms with Crippen LogP contribution in [-0.2, 0) is 19.4 Å². The maximum Gasteiger partial charge on any atom is 0.332 e. The molecule has 1 aromatic rings. The average Bonchev–Trinajstić information content (AvgIpc) is 2.40. The molecule has 0 radical (unpaired) electrons. The summed E-state index contributed by atoms with van der Waals surface area (Å²) in [5.41, 5.74) is 0.648. The summed E-state index contributed by atoms with van der Waals surface area (Å²) in [5, 5.41) is 3.11. The van der Waals surface area contributed by atoms with Crippen molar-refractivity contribution in [2.45, 2.75) is 32.2 Å². The minimum atomic E-state index is -3.25. The van der Waals surface area contributed by atoms with Crippen LogP contribution in [-0.4, -0.2) is 38.0 Å². The predicted octanol–water partition coefficient (Wildman–Crippen LogP) is 1.92. The number of benzene rings is 1. The van der Waals surface area contributed by atoms with Crippen molar-refractivity contribution in [3.05, 3.63) is 29.8 Å². The second kappa shape index (κ2) is 6.05. The van der Waals surface area contributed by atoms with Gasteiger partial charge in [0.15, 0.2) is 9.84 Å². The summed E-state index contributed by atoms with van der Waals surface area (Å²) in [6.45, 7) is 3.92. The van der Waals surface area contributed by atoms with E-state index in [1.165, 1.54) is 0 Å². The number of carbonyl (C=O) groups is 1. The molecule has 21 heavy (non-hydrogen) atoms. The van der Waals surface area contributed by atoms with Crippen LogP contribution in [0.3, 0.4) is 0 Å². The molecular formula is C15H21NO4S. The molecule has 0 spiro atoms. The Morgan fingerprint density at radius 1 is 1.33 bits per heavy atom. The van der Waals surface area contributed by atoms with Crippen LogP contribution in [0.25, 0.3) is 0 Å². The van der Waals surface area contributed by atoms with E-state index in [9.17, 15) is 13.2 Å². The first-order valence-electron chi connectivity index (χ1n) is 7.09. The van der Waals surface area contributed by atoms with Crippen molar-refractivity contribution < 1.29 is 17.9 Å².